The molecule has 1 unspecified atom stereocenters. The second kappa shape index (κ2) is 11.8. The van der Waals surface area contributed by atoms with E-state index >= 15 is 0 Å². The zero-order valence-corrected chi connectivity index (χ0v) is 18.0. The number of nitrogens with two attached hydrogens (primary N) is 1. The van der Waals surface area contributed by atoms with Crippen molar-refractivity contribution in [3.8, 4) is 5.75 Å². The summed E-state index contributed by atoms with van der Waals surface area (Å²) in [6.45, 7) is 7.59. The first-order valence-electron chi connectivity index (χ1n) is 10.9. The summed E-state index contributed by atoms with van der Waals surface area (Å²) in [6, 6.07) is 8.18. The van der Waals surface area contributed by atoms with Crippen molar-refractivity contribution in [3.63, 3.8) is 0 Å². The molecule has 0 bridgehead atoms. The van der Waals surface area contributed by atoms with Gasteiger partial charge in [0.05, 0.1) is 13.2 Å². The average Bonchev–Trinajstić information content (AvgIpc) is 2.75. The number of aliphatic imine (C=N–C) groups is 1. The molecule has 0 radical (unpaired) electrons. The Morgan fingerprint density at radius 1 is 1.33 bits per heavy atom. The van der Waals surface area contributed by atoms with Crippen LogP contribution in [0.2, 0.25) is 0 Å². The number of piperidine rings is 1. The summed E-state index contributed by atoms with van der Waals surface area (Å²) in [6.07, 6.45) is 2.53. The number of ether oxygens (including phenoxy) is 2. The Morgan fingerprint density at radius 2 is 2.17 bits per heavy atom. The molecule has 1 atom stereocenters. The fraction of sp³-hybridized carbons (Fsp3) is 0.636. The topological polar surface area (TPSA) is 92.4 Å². The van der Waals surface area contributed by atoms with E-state index in [1.807, 2.05) is 12.1 Å². The number of nitrogens with one attached hydrogen (secondary N) is 1. The molecule has 0 saturated carbocycles. The molecule has 0 spiro atoms. The number of morpholine rings is 1. The summed E-state index contributed by atoms with van der Waals surface area (Å²) in [7, 11) is 1.80. The number of carbonyl (C=O) groups excluding carboxylic acids is 1. The van der Waals surface area contributed by atoms with Crippen LogP contribution in [0.4, 0.5) is 0 Å². The molecule has 1 aromatic carbocycles. The van der Waals surface area contributed by atoms with Gasteiger partial charge >= 0.3 is 0 Å². The lowest BCUT2D eigenvalue weighted by Crippen LogP contribution is -2.46. The van der Waals surface area contributed by atoms with Crippen LogP contribution in [0.25, 0.3) is 0 Å². The van der Waals surface area contributed by atoms with Gasteiger partial charge < -0.3 is 25.4 Å². The minimum atomic E-state index is -0.227. The molecule has 8 nitrogen and oxygen atoms in total. The van der Waals surface area contributed by atoms with E-state index in [-0.39, 0.29) is 5.91 Å². The smallest absolute Gasteiger partial charge is 0.217 e. The molecular formula is C22H35N5O3. The molecule has 3 rings (SSSR count). The van der Waals surface area contributed by atoms with E-state index in [0.29, 0.717) is 25.5 Å². The largest absolute Gasteiger partial charge is 0.492 e. The Bertz CT molecular complexity index is 706. The zero-order chi connectivity index (χ0) is 21.2. The Morgan fingerprint density at radius 3 is 2.93 bits per heavy atom. The van der Waals surface area contributed by atoms with Crippen LogP contribution in [0.1, 0.15) is 24.8 Å². The number of hydrogen-bond acceptors (Lipinski definition) is 5. The van der Waals surface area contributed by atoms with Gasteiger partial charge in [0.25, 0.3) is 0 Å². The van der Waals surface area contributed by atoms with Gasteiger partial charge in [0.2, 0.25) is 5.91 Å². The highest BCUT2D eigenvalue weighted by molar-refractivity contribution is 5.80. The van der Waals surface area contributed by atoms with Crippen LogP contribution < -0.4 is 15.8 Å². The van der Waals surface area contributed by atoms with E-state index in [2.05, 4.69) is 32.2 Å². The predicted molar refractivity (Wildman–Crippen MR) is 118 cm³/mol. The first-order valence-corrected chi connectivity index (χ1v) is 10.9. The molecule has 2 heterocycles. The molecule has 0 aliphatic carbocycles. The second-order valence-electron chi connectivity index (χ2n) is 7.98. The molecule has 0 aromatic heterocycles. The highest BCUT2D eigenvalue weighted by Gasteiger charge is 2.23. The summed E-state index contributed by atoms with van der Waals surface area (Å²) in [4.78, 5) is 20.3. The molecular weight excluding hydrogens is 382 g/mol. The average molecular weight is 418 g/mol. The van der Waals surface area contributed by atoms with Gasteiger partial charge in [-0.2, -0.15) is 0 Å². The summed E-state index contributed by atoms with van der Waals surface area (Å²) in [5.74, 6) is 1.83. The number of hydrogen-bond donors (Lipinski definition) is 2. The lowest BCUT2D eigenvalue weighted by atomic mass is 9.95. The van der Waals surface area contributed by atoms with E-state index in [1.54, 1.807) is 7.05 Å². The van der Waals surface area contributed by atoms with Crippen LogP contribution >= 0.6 is 0 Å². The number of amides is 1. The maximum Gasteiger partial charge on any atom is 0.217 e. The maximum atomic E-state index is 11.3. The number of likely N-dealkylation sites (tertiary alicyclic amines) is 1. The Balaban J connectivity index is 1.45. The number of primary amides is 1. The first-order chi connectivity index (χ1) is 14.6. The van der Waals surface area contributed by atoms with Gasteiger partial charge in [0.15, 0.2) is 5.96 Å². The second-order valence-corrected chi connectivity index (χ2v) is 7.98. The monoisotopic (exact) mass is 417 g/mol. The molecule has 30 heavy (non-hydrogen) atoms. The van der Waals surface area contributed by atoms with Crippen LogP contribution in [0.5, 0.6) is 5.75 Å². The van der Waals surface area contributed by atoms with Crippen LogP contribution in [0.15, 0.2) is 29.3 Å². The van der Waals surface area contributed by atoms with Gasteiger partial charge in [-0.25, -0.2) is 0 Å². The summed E-state index contributed by atoms with van der Waals surface area (Å²) >= 11 is 0. The lowest BCUT2D eigenvalue weighted by molar-refractivity contribution is -0.119. The standard InChI is InChI=1S/C22H35N5O3/c1-24-22(27-7-3-5-19(17-27)15-21(23)28)25-16-18-4-2-6-20(14-18)30-13-10-26-8-11-29-12-9-26/h2,4,6,14,19H,3,5,7-13,15-17H2,1H3,(H2,23,28)(H,24,25). The molecule has 2 fully saturated rings. The number of benzene rings is 1. The van der Waals surface area contributed by atoms with Crippen molar-refractivity contribution in [2.24, 2.45) is 16.6 Å². The van der Waals surface area contributed by atoms with Gasteiger partial charge in [-0.15, -0.1) is 0 Å². The van der Waals surface area contributed by atoms with Crippen LogP contribution in [-0.2, 0) is 16.1 Å². The van der Waals surface area contributed by atoms with Gasteiger partial charge in [-0.3, -0.25) is 14.7 Å². The number of rotatable bonds is 8. The van der Waals surface area contributed by atoms with E-state index < -0.39 is 0 Å². The van der Waals surface area contributed by atoms with Crippen molar-refractivity contribution >= 4 is 11.9 Å². The SMILES string of the molecule is CN=C(NCc1cccc(OCCN2CCOCC2)c1)N1CCCC(CC(N)=O)C1. The highest BCUT2D eigenvalue weighted by Crippen LogP contribution is 2.19. The number of guanidine groups is 1. The van der Waals surface area contributed by atoms with Crippen molar-refractivity contribution in [2.75, 3.05) is 59.6 Å². The summed E-state index contributed by atoms with van der Waals surface area (Å²) < 4.78 is 11.3. The third-order valence-corrected chi connectivity index (χ3v) is 5.65. The molecule has 2 aliphatic heterocycles. The summed E-state index contributed by atoms with van der Waals surface area (Å²) in [5, 5.41) is 3.45. The van der Waals surface area contributed by atoms with Crippen molar-refractivity contribution in [1.82, 2.24) is 15.1 Å². The fourth-order valence-corrected chi connectivity index (χ4v) is 4.08. The minimum absolute atomic E-state index is 0.227. The quantitative estimate of drug-likeness (QED) is 0.485. The van der Waals surface area contributed by atoms with E-state index in [1.165, 1.54) is 0 Å². The summed E-state index contributed by atoms with van der Waals surface area (Å²) in [5.41, 5.74) is 6.52. The Kier molecular flexibility index (Phi) is 8.77. The fourth-order valence-electron chi connectivity index (χ4n) is 4.08. The molecule has 1 aromatic rings. The van der Waals surface area contributed by atoms with Crippen LogP contribution in [0, 0.1) is 5.92 Å². The van der Waals surface area contributed by atoms with Crippen molar-refractivity contribution in [2.45, 2.75) is 25.8 Å². The molecule has 1 amide bonds. The predicted octanol–water partition coefficient (Wildman–Crippen LogP) is 1.06. The molecule has 8 heteroatoms. The van der Waals surface area contributed by atoms with Crippen LogP contribution in [0.3, 0.4) is 0 Å². The van der Waals surface area contributed by atoms with Gasteiger partial charge in [-0.1, -0.05) is 12.1 Å². The van der Waals surface area contributed by atoms with Gasteiger partial charge in [0, 0.05) is 52.7 Å². The third-order valence-electron chi connectivity index (χ3n) is 5.65. The van der Waals surface area contributed by atoms with Gasteiger partial charge in [-0.05, 0) is 36.5 Å². The third kappa shape index (κ3) is 7.18. The minimum Gasteiger partial charge on any atom is -0.492 e. The zero-order valence-electron chi connectivity index (χ0n) is 18.0. The van der Waals surface area contributed by atoms with E-state index in [9.17, 15) is 4.79 Å². The van der Waals surface area contributed by atoms with E-state index in [4.69, 9.17) is 15.2 Å². The highest BCUT2D eigenvalue weighted by atomic mass is 16.5. The number of nitrogens with zero attached hydrogens (tertiary/aromatic N) is 3. The first kappa shape index (κ1) is 22.4. The molecule has 166 valence electrons. The number of carbonyl (C=O) groups is 1. The lowest BCUT2D eigenvalue weighted by Gasteiger charge is -2.34. The maximum absolute atomic E-state index is 11.3. The molecule has 2 aliphatic rings. The van der Waals surface area contributed by atoms with E-state index in [0.717, 1.165) is 76.1 Å². The van der Waals surface area contributed by atoms with Crippen molar-refractivity contribution in [3.05, 3.63) is 29.8 Å². The van der Waals surface area contributed by atoms with Gasteiger partial charge in [0.1, 0.15) is 12.4 Å². The normalized spacial score (nSPS) is 20.8. The van der Waals surface area contributed by atoms with Crippen LogP contribution in [-0.4, -0.2) is 81.3 Å². The Hall–Kier alpha value is -2.32. The van der Waals surface area contributed by atoms with Crippen molar-refractivity contribution < 1.29 is 14.3 Å². The molecule has 3 N–H and O–H groups in total. The van der Waals surface area contributed by atoms with Crippen molar-refractivity contribution in [1.29, 1.82) is 0 Å². The molecule has 2 saturated heterocycles. The Labute approximate surface area is 179 Å².